The highest BCUT2D eigenvalue weighted by molar-refractivity contribution is 5.79. The van der Waals surface area contributed by atoms with E-state index < -0.39 is 0 Å². The van der Waals surface area contributed by atoms with Crippen LogP contribution in [-0.2, 0) is 9.57 Å². The zero-order valence-corrected chi connectivity index (χ0v) is 9.93. The Morgan fingerprint density at radius 2 is 2.12 bits per heavy atom. The lowest BCUT2D eigenvalue weighted by Gasteiger charge is -2.38. The standard InChI is InChI=1S/C13H17NO3/c1-11-2-4-12(5-3-11)6-14-17-10-13(7-15)8-16-9-13/h2-6,15H,7-10H2,1H3/b14-6+. The molecular weight excluding hydrogens is 218 g/mol. The Balaban J connectivity index is 1.80. The molecule has 0 bridgehead atoms. The first kappa shape index (κ1) is 12.1. The van der Waals surface area contributed by atoms with Crippen LogP contribution in [0.2, 0.25) is 0 Å². The Bertz CT molecular complexity index is 377. The van der Waals surface area contributed by atoms with E-state index in [1.54, 1.807) is 6.21 Å². The van der Waals surface area contributed by atoms with Crippen LogP contribution in [0.5, 0.6) is 0 Å². The highest BCUT2D eigenvalue weighted by Gasteiger charge is 2.39. The van der Waals surface area contributed by atoms with Crippen molar-refractivity contribution in [3.63, 3.8) is 0 Å². The number of rotatable bonds is 5. The number of nitrogens with zero attached hydrogens (tertiary/aromatic N) is 1. The van der Waals surface area contributed by atoms with E-state index in [1.807, 2.05) is 31.2 Å². The van der Waals surface area contributed by atoms with Gasteiger partial charge in [0.05, 0.1) is 31.5 Å². The van der Waals surface area contributed by atoms with Gasteiger partial charge in [0, 0.05) is 0 Å². The van der Waals surface area contributed by atoms with Gasteiger partial charge in [-0.25, -0.2) is 0 Å². The molecule has 0 atom stereocenters. The van der Waals surface area contributed by atoms with Crippen LogP contribution in [0.1, 0.15) is 11.1 Å². The fourth-order valence-corrected chi connectivity index (χ4v) is 1.54. The Kier molecular flexibility index (Phi) is 3.76. The summed E-state index contributed by atoms with van der Waals surface area (Å²) >= 11 is 0. The Hall–Kier alpha value is -1.39. The van der Waals surface area contributed by atoms with Crippen molar-refractivity contribution in [2.24, 2.45) is 10.6 Å². The van der Waals surface area contributed by atoms with E-state index in [9.17, 15) is 5.11 Å². The predicted molar refractivity (Wildman–Crippen MR) is 65.1 cm³/mol. The molecule has 1 fully saturated rings. The van der Waals surface area contributed by atoms with Gasteiger partial charge in [-0.15, -0.1) is 0 Å². The highest BCUT2D eigenvalue weighted by atomic mass is 16.6. The molecule has 2 rings (SSSR count). The first-order valence-electron chi connectivity index (χ1n) is 5.65. The molecule has 92 valence electrons. The van der Waals surface area contributed by atoms with Gasteiger partial charge in [0.15, 0.2) is 0 Å². The van der Waals surface area contributed by atoms with Crippen molar-refractivity contribution in [3.8, 4) is 0 Å². The normalized spacial score (nSPS) is 18.0. The van der Waals surface area contributed by atoms with Crippen LogP contribution in [0.3, 0.4) is 0 Å². The topological polar surface area (TPSA) is 51.0 Å². The van der Waals surface area contributed by atoms with Gasteiger partial charge < -0.3 is 14.7 Å². The minimum atomic E-state index is -0.245. The molecular formula is C13H17NO3. The Labute approximate surface area is 101 Å². The molecule has 0 spiro atoms. The van der Waals surface area contributed by atoms with Crippen molar-refractivity contribution in [1.29, 1.82) is 0 Å². The maximum atomic E-state index is 9.17. The molecule has 0 saturated carbocycles. The van der Waals surface area contributed by atoms with Gasteiger partial charge in [0.25, 0.3) is 0 Å². The molecule has 1 aromatic carbocycles. The van der Waals surface area contributed by atoms with Gasteiger partial charge in [-0.2, -0.15) is 0 Å². The van der Waals surface area contributed by atoms with E-state index in [1.165, 1.54) is 5.56 Å². The van der Waals surface area contributed by atoms with Crippen LogP contribution >= 0.6 is 0 Å². The summed E-state index contributed by atoms with van der Waals surface area (Å²) in [5, 5.41) is 13.1. The summed E-state index contributed by atoms with van der Waals surface area (Å²) in [6.07, 6.45) is 1.67. The first-order chi connectivity index (χ1) is 8.24. The molecule has 1 aliphatic heterocycles. The predicted octanol–water partition coefficient (Wildman–Crippen LogP) is 1.35. The number of aliphatic hydroxyl groups excluding tert-OH is 1. The Morgan fingerprint density at radius 1 is 1.41 bits per heavy atom. The minimum Gasteiger partial charge on any atom is -0.395 e. The monoisotopic (exact) mass is 235 g/mol. The molecule has 1 aliphatic rings. The van der Waals surface area contributed by atoms with Gasteiger partial charge >= 0.3 is 0 Å². The maximum absolute atomic E-state index is 9.17. The van der Waals surface area contributed by atoms with Gasteiger partial charge in [-0.05, 0) is 12.5 Å². The summed E-state index contributed by atoms with van der Waals surface area (Å²) in [6.45, 7) is 3.60. The second-order valence-corrected chi connectivity index (χ2v) is 4.57. The molecule has 0 radical (unpaired) electrons. The number of ether oxygens (including phenoxy) is 1. The van der Waals surface area contributed by atoms with Gasteiger partial charge in [-0.1, -0.05) is 35.0 Å². The lowest BCUT2D eigenvalue weighted by Crippen LogP contribution is -2.48. The smallest absolute Gasteiger partial charge is 0.129 e. The van der Waals surface area contributed by atoms with E-state index >= 15 is 0 Å². The summed E-state index contributed by atoms with van der Waals surface area (Å²) < 4.78 is 5.07. The molecule has 1 aromatic rings. The van der Waals surface area contributed by atoms with Crippen LogP contribution in [0.15, 0.2) is 29.4 Å². The lowest BCUT2D eigenvalue weighted by molar-refractivity contribution is -0.168. The highest BCUT2D eigenvalue weighted by Crippen LogP contribution is 2.26. The number of aliphatic hydroxyl groups is 1. The molecule has 1 saturated heterocycles. The lowest BCUT2D eigenvalue weighted by atomic mass is 9.88. The third-order valence-corrected chi connectivity index (χ3v) is 2.88. The van der Waals surface area contributed by atoms with Crippen molar-refractivity contribution < 1.29 is 14.7 Å². The fourth-order valence-electron chi connectivity index (χ4n) is 1.54. The molecule has 0 aromatic heterocycles. The van der Waals surface area contributed by atoms with Crippen LogP contribution in [0.25, 0.3) is 0 Å². The van der Waals surface area contributed by atoms with Crippen LogP contribution in [0, 0.1) is 12.3 Å². The minimum absolute atomic E-state index is 0.0764. The Morgan fingerprint density at radius 3 is 2.65 bits per heavy atom. The quantitative estimate of drug-likeness (QED) is 0.619. The molecule has 1 N–H and O–H groups in total. The summed E-state index contributed by atoms with van der Waals surface area (Å²) in [5.74, 6) is 0. The molecule has 1 heterocycles. The summed E-state index contributed by atoms with van der Waals surface area (Å²) in [7, 11) is 0. The zero-order valence-electron chi connectivity index (χ0n) is 9.93. The van der Waals surface area contributed by atoms with Crippen molar-refractivity contribution in [2.45, 2.75) is 6.92 Å². The third-order valence-electron chi connectivity index (χ3n) is 2.88. The average Bonchev–Trinajstić information content (AvgIpc) is 2.30. The average molecular weight is 235 g/mol. The van der Waals surface area contributed by atoms with E-state index in [4.69, 9.17) is 9.57 Å². The second kappa shape index (κ2) is 5.29. The first-order valence-corrected chi connectivity index (χ1v) is 5.65. The molecule has 0 amide bonds. The summed E-state index contributed by atoms with van der Waals surface area (Å²) in [5.41, 5.74) is 1.97. The van der Waals surface area contributed by atoms with Crippen molar-refractivity contribution in [3.05, 3.63) is 35.4 Å². The summed E-state index contributed by atoms with van der Waals surface area (Å²) in [4.78, 5) is 5.20. The summed E-state index contributed by atoms with van der Waals surface area (Å²) in [6, 6.07) is 8.01. The number of aryl methyl sites for hydroxylation is 1. The third kappa shape index (κ3) is 3.05. The number of benzene rings is 1. The second-order valence-electron chi connectivity index (χ2n) is 4.57. The molecule has 0 aliphatic carbocycles. The fraction of sp³-hybridized carbons (Fsp3) is 0.462. The zero-order chi connectivity index (χ0) is 12.1. The van der Waals surface area contributed by atoms with E-state index in [0.29, 0.717) is 19.8 Å². The number of hydrogen-bond donors (Lipinski definition) is 1. The molecule has 4 nitrogen and oxygen atoms in total. The SMILES string of the molecule is Cc1ccc(/C=N/OCC2(CO)COC2)cc1. The largest absolute Gasteiger partial charge is 0.395 e. The molecule has 17 heavy (non-hydrogen) atoms. The van der Waals surface area contributed by atoms with Crippen molar-refractivity contribution in [2.75, 3.05) is 26.4 Å². The van der Waals surface area contributed by atoms with E-state index in [2.05, 4.69) is 5.16 Å². The number of oxime groups is 1. The molecule has 0 unspecified atom stereocenters. The molecule has 4 heteroatoms. The van der Waals surface area contributed by atoms with Gasteiger partial charge in [0.2, 0.25) is 0 Å². The van der Waals surface area contributed by atoms with Crippen molar-refractivity contribution >= 4 is 6.21 Å². The maximum Gasteiger partial charge on any atom is 0.129 e. The number of hydrogen-bond acceptors (Lipinski definition) is 4. The van der Waals surface area contributed by atoms with Gasteiger partial charge in [-0.3, -0.25) is 0 Å². The van der Waals surface area contributed by atoms with Crippen LogP contribution in [0.4, 0.5) is 0 Å². The van der Waals surface area contributed by atoms with Crippen LogP contribution in [-0.4, -0.2) is 37.7 Å². The van der Waals surface area contributed by atoms with Crippen LogP contribution < -0.4 is 0 Å². The van der Waals surface area contributed by atoms with E-state index in [0.717, 1.165) is 5.56 Å². The van der Waals surface area contributed by atoms with Gasteiger partial charge in [0.1, 0.15) is 6.61 Å². The van der Waals surface area contributed by atoms with Crippen molar-refractivity contribution in [1.82, 2.24) is 0 Å². The van der Waals surface area contributed by atoms with E-state index in [-0.39, 0.29) is 12.0 Å².